The van der Waals surface area contributed by atoms with Gasteiger partial charge in [-0.25, -0.2) is 0 Å². The Balaban J connectivity index is 0.902. The molecule has 2 aliphatic carbocycles. The second-order valence-corrected chi connectivity index (χ2v) is 26.5. The van der Waals surface area contributed by atoms with Crippen LogP contribution in [0.4, 0.5) is 34.1 Å². The van der Waals surface area contributed by atoms with Crippen molar-refractivity contribution < 1.29 is 0 Å². The Morgan fingerprint density at radius 3 is 1.13 bits per heavy atom. The zero-order valence-electron chi connectivity index (χ0n) is 53.7. The summed E-state index contributed by atoms with van der Waals surface area (Å²) in [5.41, 5.74) is 28.0. The summed E-state index contributed by atoms with van der Waals surface area (Å²) in [7, 11) is 0. The summed E-state index contributed by atoms with van der Waals surface area (Å²) < 4.78 is 5.03. The molecule has 0 atom stereocenters. The summed E-state index contributed by atoms with van der Waals surface area (Å²) in [6, 6.07) is 102. The largest absolute Gasteiger partial charge is 0.309 e. The molecule has 0 unspecified atom stereocenters. The molecule has 2 heterocycles. The number of hydrogen-bond acceptors (Lipinski definition) is 2. The maximum absolute atomic E-state index is 2.69. The van der Waals surface area contributed by atoms with Gasteiger partial charge in [-0.15, -0.1) is 0 Å². The lowest BCUT2D eigenvalue weighted by molar-refractivity contribution is 0.686. The van der Waals surface area contributed by atoms with Crippen molar-refractivity contribution in [3.05, 3.63) is 300 Å². The monoisotopic (exact) mass is 1210 g/mol. The van der Waals surface area contributed by atoms with Gasteiger partial charge in [0.25, 0.3) is 0 Å². The molecule has 0 amide bonds. The highest BCUT2D eigenvalue weighted by Gasteiger charge is 2.30. The van der Waals surface area contributed by atoms with Crippen molar-refractivity contribution in [3.63, 3.8) is 0 Å². The fourth-order valence-electron chi connectivity index (χ4n) is 16.8. The fraction of sp³-hybridized carbons (Fsp3) is 0.156. The minimum absolute atomic E-state index is 0.964. The third-order valence-corrected chi connectivity index (χ3v) is 21.0. The van der Waals surface area contributed by atoms with Gasteiger partial charge in [0.2, 0.25) is 0 Å². The SMILES string of the molecule is CCCc1cc(N(c2ccc3c4ccccc4n(-c4cccc(-c5ccccc5)c4)c3c2)c2cccc3c2CCCC3)c2ccc3c(CCC)cc(N(c4ccc5c6ccccc6n(-c6cccc(-c7ccccc7)c6)c5c4)c4cccc5c4CCCC5)c4ccc1c2c34. The Morgan fingerprint density at radius 1 is 0.287 bits per heavy atom. The van der Waals surface area contributed by atoms with E-state index in [-0.39, 0.29) is 0 Å². The summed E-state index contributed by atoms with van der Waals surface area (Å²) in [6.45, 7) is 4.71. The molecule has 94 heavy (non-hydrogen) atoms. The summed E-state index contributed by atoms with van der Waals surface area (Å²) in [5, 5.41) is 13.0. The minimum atomic E-state index is 0.964. The lowest BCUT2D eigenvalue weighted by Gasteiger charge is -2.33. The molecule has 454 valence electrons. The van der Waals surface area contributed by atoms with E-state index < -0.39 is 0 Å². The molecule has 0 N–H and O–H groups in total. The lowest BCUT2D eigenvalue weighted by Crippen LogP contribution is -2.17. The van der Waals surface area contributed by atoms with Gasteiger partial charge in [0.15, 0.2) is 0 Å². The number of rotatable bonds is 14. The molecule has 0 saturated carbocycles. The van der Waals surface area contributed by atoms with E-state index in [0.29, 0.717) is 0 Å². The number of fused-ring (bicyclic) bond motifs is 8. The minimum Gasteiger partial charge on any atom is -0.309 e. The molecular weight excluding hydrogens is 1140 g/mol. The van der Waals surface area contributed by atoms with E-state index in [9.17, 15) is 0 Å². The third-order valence-electron chi connectivity index (χ3n) is 21.0. The van der Waals surface area contributed by atoms with Gasteiger partial charge in [0.05, 0.1) is 33.4 Å². The second-order valence-electron chi connectivity index (χ2n) is 26.5. The van der Waals surface area contributed by atoms with E-state index in [1.165, 1.54) is 191 Å². The molecule has 14 aromatic carbocycles. The normalized spacial score (nSPS) is 13.3. The summed E-state index contributed by atoms with van der Waals surface area (Å²) in [6.07, 6.45) is 13.1. The highest BCUT2D eigenvalue weighted by molar-refractivity contribution is 6.30. The Bertz CT molecular complexity index is 5260. The van der Waals surface area contributed by atoms with Gasteiger partial charge < -0.3 is 18.9 Å². The van der Waals surface area contributed by atoms with Crippen LogP contribution < -0.4 is 9.80 Å². The first kappa shape index (κ1) is 56.1. The van der Waals surface area contributed by atoms with Gasteiger partial charge in [-0.1, -0.05) is 209 Å². The van der Waals surface area contributed by atoms with Crippen LogP contribution in [0.25, 0.3) is 110 Å². The molecule has 2 aliphatic rings. The maximum atomic E-state index is 2.69. The smallest absolute Gasteiger partial charge is 0.0561 e. The zero-order chi connectivity index (χ0) is 62.4. The number of anilines is 6. The van der Waals surface area contributed by atoms with Crippen molar-refractivity contribution in [1.82, 2.24) is 9.13 Å². The Kier molecular flexibility index (Phi) is 13.8. The Morgan fingerprint density at radius 2 is 0.670 bits per heavy atom. The van der Waals surface area contributed by atoms with Crippen molar-refractivity contribution in [2.24, 2.45) is 0 Å². The van der Waals surface area contributed by atoms with Crippen LogP contribution in [0.5, 0.6) is 0 Å². The van der Waals surface area contributed by atoms with Crippen molar-refractivity contribution >= 4 is 110 Å². The number of nitrogens with zero attached hydrogens (tertiary/aromatic N) is 4. The van der Waals surface area contributed by atoms with Crippen LogP contribution in [0.15, 0.2) is 267 Å². The molecule has 4 nitrogen and oxygen atoms in total. The molecule has 0 spiro atoms. The Hall–Kier alpha value is -10.7. The van der Waals surface area contributed by atoms with E-state index in [2.05, 4.69) is 300 Å². The molecule has 16 aromatic rings. The van der Waals surface area contributed by atoms with E-state index >= 15 is 0 Å². The third kappa shape index (κ3) is 9.16. The van der Waals surface area contributed by atoms with Gasteiger partial charge in [-0.05, 0) is 226 Å². The molecule has 0 bridgehead atoms. The highest BCUT2D eigenvalue weighted by atomic mass is 15.2. The average Bonchev–Trinajstić information content (AvgIpc) is 0.961. The van der Waals surface area contributed by atoms with E-state index in [1.807, 2.05) is 0 Å². The van der Waals surface area contributed by atoms with E-state index in [4.69, 9.17) is 0 Å². The highest BCUT2D eigenvalue weighted by Crippen LogP contribution is 2.53. The van der Waals surface area contributed by atoms with Gasteiger partial charge >= 0.3 is 0 Å². The van der Waals surface area contributed by atoms with E-state index in [1.54, 1.807) is 0 Å². The van der Waals surface area contributed by atoms with Crippen LogP contribution >= 0.6 is 0 Å². The molecule has 18 rings (SSSR count). The van der Waals surface area contributed by atoms with Crippen LogP contribution in [0.3, 0.4) is 0 Å². The predicted octanol–water partition coefficient (Wildman–Crippen LogP) is 24.7. The number of hydrogen-bond donors (Lipinski definition) is 0. The zero-order valence-corrected chi connectivity index (χ0v) is 53.7. The van der Waals surface area contributed by atoms with Gasteiger partial charge in [-0.3, -0.25) is 0 Å². The molecule has 4 heteroatoms. The van der Waals surface area contributed by atoms with Crippen LogP contribution in [0.1, 0.15) is 85.8 Å². The van der Waals surface area contributed by atoms with Crippen molar-refractivity contribution in [3.8, 4) is 33.6 Å². The number of aromatic nitrogens is 2. The first-order valence-electron chi connectivity index (χ1n) is 34.5. The van der Waals surface area contributed by atoms with Crippen LogP contribution in [0.2, 0.25) is 0 Å². The van der Waals surface area contributed by atoms with E-state index in [0.717, 1.165) is 62.7 Å². The average molecular weight is 1210 g/mol. The van der Waals surface area contributed by atoms with Crippen LogP contribution in [-0.2, 0) is 38.5 Å². The number of para-hydroxylation sites is 2. The molecule has 0 fully saturated rings. The predicted molar refractivity (Wildman–Crippen MR) is 400 cm³/mol. The quantitative estimate of drug-likeness (QED) is 0.101. The lowest BCUT2D eigenvalue weighted by atomic mass is 9.85. The van der Waals surface area contributed by atoms with Crippen LogP contribution in [-0.4, -0.2) is 9.13 Å². The van der Waals surface area contributed by atoms with Crippen LogP contribution in [0, 0.1) is 0 Å². The van der Waals surface area contributed by atoms with Gasteiger partial charge in [0.1, 0.15) is 0 Å². The topological polar surface area (TPSA) is 16.3 Å². The Labute approximate surface area is 550 Å². The van der Waals surface area contributed by atoms with Gasteiger partial charge in [-0.2, -0.15) is 0 Å². The summed E-state index contributed by atoms with van der Waals surface area (Å²) >= 11 is 0. The van der Waals surface area contributed by atoms with Crippen molar-refractivity contribution in [1.29, 1.82) is 0 Å². The van der Waals surface area contributed by atoms with Crippen molar-refractivity contribution in [2.75, 3.05) is 9.80 Å². The van der Waals surface area contributed by atoms with Gasteiger partial charge in [0, 0.05) is 66.4 Å². The number of benzene rings is 14. The summed E-state index contributed by atoms with van der Waals surface area (Å²) in [4.78, 5) is 5.38. The standard InChI is InChI=1S/C90H74N4/c1-3-23-65-55-85(93(81-43-21-31-61-29-11-13-37-71(61)81)69-45-47-77-75-39-15-17-41-83(75)91(87(77)57-69)67-35-19-33-63(53-67)59-25-7-5-8-26-59)79-52-50-74-66(24-4-2)56-86(80-51-49-73(65)89(79)90(74)80)94(82-44-22-32-62-30-12-14-38-72(62)82)70-46-48-78-76-40-16-18-42-84(76)92(88(78)58-70)68-36-20-34-64(54-68)60-27-9-6-10-28-60/h5-10,15-22,25-28,31-36,39-58H,3-4,11-14,23-24,29-30,37-38H2,1-2H3. The molecule has 0 aliphatic heterocycles. The molecule has 0 radical (unpaired) electrons. The molecule has 2 aromatic heterocycles. The fourth-order valence-corrected chi connectivity index (χ4v) is 16.8. The van der Waals surface area contributed by atoms with Crippen molar-refractivity contribution in [2.45, 2.75) is 90.9 Å². The number of aryl methyl sites for hydroxylation is 4. The first-order valence-corrected chi connectivity index (χ1v) is 34.5. The first-order chi connectivity index (χ1) is 46.6. The summed E-state index contributed by atoms with van der Waals surface area (Å²) in [5.74, 6) is 0. The second kappa shape index (κ2) is 23.2. The molecule has 0 saturated heterocycles. The molecular formula is C90H74N4. The maximum Gasteiger partial charge on any atom is 0.0561 e.